The number of carbonyl (C=O) groups excluding carboxylic acids is 1. The van der Waals surface area contributed by atoms with E-state index in [9.17, 15) is 4.79 Å². The Morgan fingerprint density at radius 1 is 1.40 bits per heavy atom. The van der Waals surface area contributed by atoms with Crippen LogP contribution in [-0.2, 0) is 0 Å². The van der Waals surface area contributed by atoms with Gasteiger partial charge in [0.15, 0.2) is 0 Å². The van der Waals surface area contributed by atoms with Gasteiger partial charge in [-0.05, 0) is 44.9 Å². The fraction of sp³-hybridized carbons (Fsp3) is 0.588. The topological polar surface area (TPSA) is 32.3 Å². The Bertz CT molecular complexity index is 438. The molecule has 0 bridgehead atoms. The highest BCUT2D eigenvalue weighted by molar-refractivity contribution is 5.94. The van der Waals surface area contributed by atoms with E-state index in [0.29, 0.717) is 6.04 Å². The maximum atomic E-state index is 12.7. The summed E-state index contributed by atoms with van der Waals surface area (Å²) in [6, 6.07) is 8.37. The molecule has 2 rings (SSSR count). The molecule has 1 aliphatic heterocycles. The van der Waals surface area contributed by atoms with Gasteiger partial charge in [0, 0.05) is 24.7 Å². The lowest BCUT2D eigenvalue weighted by Gasteiger charge is -2.30. The average Bonchev–Trinajstić information content (AvgIpc) is 2.47. The lowest BCUT2D eigenvalue weighted by Crippen LogP contribution is -2.46. The van der Waals surface area contributed by atoms with E-state index in [1.54, 1.807) is 0 Å². The summed E-state index contributed by atoms with van der Waals surface area (Å²) in [5.74, 6) is 0.169. The molecule has 1 amide bonds. The van der Waals surface area contributed by atoms with Crippen molar-refractivity contribution in [2.24, 2.45) is 0 Å². The molecule has 110 valence electrons. The van der Waals surface area contributed by atoms with Gasteiger partial charge in [0.05, 0.1) is 0 Å². The van der Waals surface area contributed by atoms with Crippen molar-refractivity contribution in [2.75, 3.05) is 19.6 Å². The number of nitrogens with one attached hydrogen (secondary N) is 1. The molecule has 0 aliphatic carbocycles. The molecular formula is C17H26N2O. The molecule has 3 nitrogen and oxygen atoms in total. The van der Waals surface area contributed by atoms with Crippen molar-refractivity contribution in [3.8, 4) is 0 Å². The van der Waals surface area contributed by atoms with Gasteiger partial charge in [0.25, 0.3) is 5.91 Å². The number of hydrogen-bond acceptors (Lipinski definition) is 2. The summed E-state index contributed by atoms with van der Waals surface area (Å²) in [7, 11) is 0. The summed E-state index contributed by atoms with van der Waals surface area (Å²) in [5.41, 5.74) is 1.96. The van der Waals surface area contributed by atoms with Crippen LogP contribution in [0.2, 0.25) is 0 Å². The zero-order valence-corrected chi connectivity index (χ0v) is 12.7. The normalized spacial score (nSPS) is 18.8. The Morgan fingerprint density at radius 2 is 2.25 bits per heavy atom. The summed E-state index contributed by atoms with van der Waals surface area (Å²) in [4.78, 5) is 14.7. The van der Waals surface area contributed by atoms with Gasteiger partial charge < -0.3 is 10.2 Å². The van der Waals surface area contributed by atoms with Crippen molar-refractivity contribution < 1.29 is 4.79 Å². The van der Waals surface area contributed by atoms with Crippen molar-refractivity contribution in [3.05, 3.63) is 35.4 Å². The highest BCUT2D eigenvalue weighted by Gasteiger charge is 2.20. The summed E-state index contributed by atoms with van der Waals surface area (Å²) >= 11 is 0. The van der Waals surface area contributed by atoms with Crippen LogP contribution in [0.4, 0.5) is 0 Å². The fourth-order valence-electron chi connectivity index (χ4n) is 2.85. The standard InChI is InChI=1S/C17H26N2O/c1-3-11-19(13-16-9-4-5-10-18-16)17(20)15-8-6-7-14(2)12-15/h6-8,12,16,18H,3-5,9-11,13H2,1-2H3. The summed E-state index contributed by atoms with van der Waals surface area (Å²) in [5, 5.41) is 3.53. The average molecular weight is 274 g/mol. The second-order valence-corrected chi connectivity index (χ2v) is 5.77. The third-order valence-corrected chi connectivity index (χ3v) is 3.90. The van der Waals surface area contributed by atoms with Crippen LogP contribution in [0.5, 0.6) is 0 Å². The first-order valence-electron chi connectivity index (χ1n) is 7.80. The van der Waals surface area contributed by atoms with Crippen LogP contribution in [0, 0.1) is 6.92 Å². The Balaban J connectivity index is 2.04. The van der Waals surface area contributed by atoms with Crippen molar-refractivity contribution in [1.82, 2.24) is 10.2 Å². The van der Waals surface area contributed by atoms with E-state index in [0.717, 1.165) is 37.2 Å². The number of rotatable bonds is 5. The van der Waals surface area contributed by atoms with Gasteiger partial charge in [0.1, 0.15) is 0 Å². The minimum absolute atomic E-state index is 0.169. The van der Waals surface area contributed by atoms with Crippen LogP contribution in [0.25, 0.3) is 0 Å². The highest BCUT2D eigenvalue weighted by atomic mass is 16.2. The monoisotopic (exact) mass is 274 g/mol. The summed E-state index contributed by atoms with van der Waals surface area (Å²) in [6.45, 7) is 6.92. The molecule has 0 radical (unpaired) electrons. The lowest BCUT2D eigenvalue weighted by atomic mass is 10.0. The molecule has 1 aliphatic rings. The molecule has 1 saturated heterocycles. The molecule has 3 heteroatoms. The van der Waals surface area contributed by atoms with Crippen molar-refractivity contribution >= 4 is 5.91 Å². The molecule has 1 unspecified atom stereocenters. The van der Waals surface area contributed by atoms with E-state index in [-0.39, 0.29) is 5.91 Å². The Hall–Kier alpha value is -1.35. The van der Waals surface area contributed by atoms with E-state index in [4.69, 9.17) is 0 Å². The molecule has 1 fully saturated rings. The predicted octanol–water partition coefficient (Wildman–Crippen LogP) is 2.99. The van der Waals surface area contributed by atoms with Gasteiger partial charge in [-0.25, -0.2) is 0 Å². The smallest absolute Gasteiger partial charge is 0.253 e. The zero-order chi connectivity index (χ0) is 14.4. The van der Waals surface area contributed by atoms with Crippen LogP contribution in [0.3, 0.4) is 0 Å². The first-order chi connectivity index (χ1) is 9.70. The predicted molar refractivity (Wildman–Crippen MR) is 83.0 cm³/mol. The number of carbonyl (C=O) groups is 1. The number of benzene rings is 1. The third kappa shape index (κ3) is 4.07. The van der Waals surface area contributed by atoms with Crippen LogP contribution in [0.15, 0.2) is 24.3 Å². The molecule has 1 aromatic rings. The Kier molecular flexibility index (Phi) is 5.60. The maximum Gasteiger partial charge on any atom is 0.253 e. The Labute approximate surface area is 122 Å². The number of hydrogen-bond donors (Lipinski definition) is 1. The quantitative estimate of drug-likeness (QED) is 0.895. The van der Waals surface area contributed by atoms with E-state index in [2.05, 4.69) is 12.2 Å². The fourth-order valence-corrected chi connectivity index (χ4v) is 2.85. The van der Waals surface area contributed by atoms with Crippen LogP contribution in [0.1, 0.15) is 48.5 Å². The highest BCUT2D eigenvalue weighted by Crippen LogP contribution is 2.13. The van der Waals surface area contributed by atoms with Gasteiger partial charge in [-0.3, -0.25) is 4.79 Å². The maximum absolute atomic E-state index is 12.7. The van der Waals surface area contributed by atoms with Gasteiger partial charge in [0.2, 0.25) is 0 Å². The molecule has 0 aromatic heterocycles. The van der Waals surface area contributed by atoms with Crippen molar-refractivity contribution in [1.29, 1.82) is 0 Å². The zero-order valence-electron chi connectivity index (χ0n) is 12.7. The summed E-state index contributed by atoms with van der Waals surface area (Å²) in [6.07, 6.45) is 4.72. The number of nitrogens with zero attached hydrogens (tertiary/aromatic N) is 1. The summed E-state index contributed by atoms with van der Waals surface area (Å²) < 4.78 is 0. The third-order valence-electron chi connectivity index (χ3n) is 3.90. The van der Waals surface area contributed by atoms with Crippen LogP contribution in [-0.4, -0.2) is 36.5 Å². The van der Waals surface area contributed by atoms with Crippen molar-refractivity contribution in [2.45, 2.75) is 45.6 Å². The van der Waals surface area contributed by atoms with Crippen LogP contribution < -0.4 is 5.32 Å². The molecule has 1 aromatic carbocycles. The Morgan fingerprint density at radius 3 is 2.90 bits per heavy atom. The molecule has 0 spiro atoms. The SMILES string of the molecule is CCCN(CC1CCCCN1)C(=O)c1cccc(C)c1. The molecule has 0 saturated carbocycles. The number of piperidine rings is 1. The minimum Gasteiger partial charge on any atom is -0.337 e. The van der Waals surface area contributed by atoms with E-state index >= 15 is 0 Å². The largest absolute Gasteiger partial charge is 0.337 e. The van der Waals surface area contributed by atoms with Crippen LogP contribution >= 0.6 is 0 Å². The van der Waals surface area contributed by atoms with E-state index < -0.39 is 0 Å². The van der Waals surface area contributed by atoms with Gasteiger partial charge in [-0.15, -0.1) is 0 Å². The second kappa shape index (κ2) is 7.44. The molecule has 20 heavy (non-hydrogen) atoms. The van der Waals surface area contributed by atoms with E-state index in [1.807, 2.05) is 36.1 Å². The number of amides is 1. The van der Waals surface area contributed by atoms with E-state index in [1.165, 1.54) is 19.3 Å². The molecule has 1 heterocycles. The van der Waals surface area contributed by atoms with Gasteiger partial charge in [-0.2, -0.15) is 0 Å². The minimum atomic E-state index is 0.169. The first kappa shape index (κ1) is 15.0. The number of aryl methyl sites for hydroxylation is 1. The molecular weight excluding hydrogens is 248 g/mol. The lowest BCUT2D eigenvalue weighted by molar-refractivity contribution is 0.0731. The van der Waals surface area contributed by atoms with Gasteiger partial charge in [-0.1, -0.05) is 31.0 Å². The molecule has 1 N–H and O–H groups in total. The molecule has 1 atom stereocenters. The van der Waals surface area contributed by atoms with Gasteiger partial charge >= 0.3 is 0 Å². The second-order valence-electron chi connectivity index (χ2n) is 5.77. The van der Waals surface area contributed by atoms with Crippen molar-refractivity contribution in [3.63, 3.8) is 0 Å². The first-order valence-corrected chi connectivity index (χ1v) is 7.80.